The second-order valence-corrected chi connectivity index (χ2v) is 4.40. The fourth-order valence-corrected chi connectivity index (χ4v) is 2.10. The molecule has 5 heteroatoms. The standard InChI is InChI=1S/C13H17F2NO2/c1-16-12(9-4-5-17-7-9)8-18-13-3-2-10(14)6-11(13)15/h2-3,6,9,12,16H,4-5,7-8H2,1H3. The summed E-state index contributed by atoms with van der Waals surface area (Å²) in [7, 11) is 1.84. The molecule has 0 amide bonds. The van der Waals surface area contributed by atoms with Crippen molar-refractivity contribution >= 4 is 0 Å². The van der Waals surface area contributed by atoms with Crippen molar-refractivity contribution in [3.8, 4) is 5.75 Å². The minimum Gasteiger partial charge on any atom is -0.489 e. The fraction of sp³-hybridized carbons (Fsp3) is 0.538. The zero-order chi connectivity index (χ0) is 13.0. The van der Waals surface area contributed by atoms with Gasteiger partial charge >= 0.3 is 0 Å². The topological polar surface area (TPSA) is 30.5 Å². The molecule has 1 aliphatic rings. The van der Waals surface area contributed by atoms with Crippen LogP contribution >= 0.6 is 0 Å². The van der Waals surface area contributed by atoms with Crippen molar-refractivity contribution in [2.75, 3.05) is 26.9 Å². The Hall–Kier alpha value is -1.20. The van der Waals surface area contributed by atoms with E-state index in [4.69, 9.17) is 9.47 Å². The van der Waals surface area contributed by atoms with Crippen molar-refractivity contribution in [2.45, 2.75) is 12.5 Å². The third-order valence-corrected chi connectivity index (χ3v) is 3.22. The Bertz CT molecular complexity index is 395. The highest BCUT2D eigenvalue weighted by molar-refractivity contribution is 5.24. The third-order valence-electron chi connectivity index (χ3n) is 3.22. The molecule has 0 spiro atoms. The first-order valence-electron chi connectivity index (χ1n) is 6.03. The molecule has 2 unspecified atom stereocenters. The van der Waals surface area contributed by atoms with E-state index in [1.807, 2.05) is 7.05 Å². The third kappa shape index (κ3) is 3.17. The van der Waals surface area contributed by atoms with Crippen LogP contribution in [0.3, 0.4) is 0 Å². The van der Waals surface area contributed by atoms with Gasteiger partial charge in [-0.05, 0) is 25.6 Å². The molecular weight excluding hydrogens is 240 g/mol. The van der Waals surface area contributed by atoms with Gasteiger partial charge in [-0.3, -0.25) is 0 Å². The molecule has 2 atom stereocenters. The smallest absolute Gasteiger partial charge is 0.167 e. The van der Waals surface area contributed by atoms with Crippen molar-refractivity contribution in [1.82, 2.24) is 5.32 Å². The van der Waals surface area contributed by atoms with Crippen LogP contribution in [-0.4, -0.2) is 32.9 Å². The van der Waals surface area contributed by atoms with Gasteiger partial charge in [-0.25, -0.2) is 8.78 Å². The average molecular weight is 257 g/mol. The van der Waals surface area contributed by atoms with Crippen LogP contribution in [0.15, 0.2) is 18.2 Å². The number of rotatable bonds is 5. The summed E-state index contributed by atoms with van der Waals surface area (Å²) in [5.41, 5.74) is 0. The lowest BCUT2D eigenvalue weighted by atomic mass is 10.00. The predicted molar refractivity (Wildman–Crippen MR) is 63.6 cm³/mol. The highest BCUT2D eigenvalue weighted by atomic mass is 19.1. The summed E-state index contributed by atoms with van der Waals surface area (Å²) < 4.78 is 36.8. The van der Waals surface area contributed by atoms with Gasteiger partial charge in [-0.2, -0.15) is 0 Å². The molecule has 0 saturated carbocycles. The monoisotopic (exact) mass is 257 g/mol. The van der Waals surface area contributed by atoms with Crippen molar-refractivity contribution in [2.24, 2.45) is 5.92 Å². The van der Waals surface area contributed by atoms with Gasteiger partial charge < -0.3 is 14.8 Å². The summed E-state index contributed by atoms with van der Waals surface area (Å²) in [6.45, 7) is 1.79. The summed E-state index contributed by atoms with van der Waals surface area (Å²) in [6, 6.07) is 3.42. The lowest BCUT2D eigenvalue weighted by Crippen LogP contribution is -2.39. The van der Waals surface area contributed by atoms with E-state index in [-0.39, 0.29) is 11.8 Å². The van der Waals surface area contributed by atoms with Crippen LogP contribution in [0.1, 0.15) is 6.42 Å². The lowest BCUT2D eigenvalue weighted by Gasteiger charge is -2.22. The largest absolute Gasteiger partial charge is 0.489 e. The molecule has 0 aromatic heterocycles. The maximum Gasteiger partial charge on any atom is 0.167 e. The molecule has 1 fully saturated rings. The number of nitrogens with one attached hydrogen (secondary N) is 1. The second-order valence-electron chi connectivity index (χ2n) is 4.40. The van der Waals surface area contributed by atoms with Gasteiger partial charge in [-0.1, -0.05) is 0 Å². The number of halogens is 2. The van der Waals surface area contributed by atoms with Crippen LogP contribution in [0.25, 0.3) is 0 Å². The Morgan fingerprint density at radius 3 is 2.94 bits per heavy atom. The zero-order valence-electron chi connectivity index (χ0n) is 10.3. The number of hydrogen-bond donors (Lipinski definition) is 1. The Morgan fingerprint density at radius 1 is 1.50 bits per heavy atom. The highest BCUT2D eigenvalue weighted by Crippen LogP contribution is 2.20. The summed E-state index contributed by atoms with van der Waals surface area (Å²) in [6.07, 6.45) is 0.973. The van der Waals surface area contributed by atoms with Gasteiger partial charge in [0, 0.05) is 24.6 Å². The molecular formula is C13H17F2NO2. The summed E-state index contributed by atoms with van der Waals surface area (Å²) in [5, 5.41) is 3.14. The Kier molecular flexibility index (Phi) is 4.49. The summed E-state index contributed by atoms with van der Waals surface area (Å²) in [4.78, 5) is 0. The van der Waals surface area contributed by atoms with Crippen molar-refractivity contribution in [3.63, 3.8) is 0 Å². The molecule has 2 rings (SSSR count). The molecule has 0 bridgehead atoms. The molecule has 1 aromatic rings. The first kappa shape index (κ1) is 13.2. The van der Waals surface area contributed by atoms with Gasteiger partial charge in [0.25, 0.3) is 0 Å². The molecule has 18 heavy (non-hydrogen) atoms. The van der Waals surface area contributed by atoms with Crippen LogP contribution < -0.4 is 10.1 Å². The highest BCUT2D eigenvalue weighted by Gasteiger charge is 2.25. The molecule has 100 valence electrons. The van der Waals surface area contributed by atoms with E-state index in [2.05, 4.69) is 5.32 Å². The second kappa shape index (κ2) is 6.11. The van der Waals surface area contributed by atoms with Crippen LogP contribution in [0.5, 0.6) is 5.75 Å². The Balaban J connectivity index is 1.92. The van der Waals surface area contributed by atoms with Gasteiger partial charge in [0.15, 0.2) is 11.6 Å². The zero-order valence-corrected chi connectivity index (χ0v) is 10.3. The Morgan fingerprint density at radius 2 is 2.33 bits per heavy atom. The van der Waals surface area contributed by atoms with Gasteiger partial charge in [-0.15, -0.1) is 0 Å². The minimum atomic E-state index is -0.674. The van der Waals surface area contributed by atoms with E-state index >= 15 is 0 Å². The van der Waals surface area contributed by atoms with Crippen LogP contribution in [-0.2, 0) is 4.74 Å². The van der Waals surface area contributed by atoms with Crippen molar-refractivity contribution in [1.29, 1.82) is 0 Å². The van der Waals surface area contributed by atoms with Gasteiger partial charge in [0.05, 0.1) is 6.61 Å². The maximum absolute atomic E-state index is 13.4. The first-order valence-corrected chi connectivity index (χ1v) is 6.03. The quantitative estimate of drug-likeness (QED) is 0.874. The number of likely N-dealkylation sites (N-methyl/N-ethyl adjacent to an activating group) is 1. The van der Waals surface area contributed by atoms with Crippen LogP contribution in [0, 0.1) is 17.6 Å². The number of benzene rings is 1. The number of ether oxygens (including phenoxy) is 2. The normalized spacial score (nSPS) is 20.9. The van der Waals surface area contributed by atoms with E-state index in [0.717, 1.165) is 19.1 Å². The van der Waals surface area contributed by atoms with E-state index in [1.54, 1.807) is 0 Å². The van der Waals surface area contributed by atoms with E-state index in [9.17, 15) is 8.78 Å². The molecule has 3 nitrogen and oxygen atoms in total. The first-order chi connectivity index (χ1) is 8.70. The minimum absolute atomic E-state index is 0.0792. The van der Waals surface area contributed by atoms with Gasteiger partial charge in [0.2, 0.25) is 0 Å². The Labute approximate surface area is 105 Å². The maximum atomic E-state index is 13.4. The molecule has 1 saturated heterocycles. The predicted octanol–water partition coefficient (Wildman–Crippen LogP) is 1.97. The van der Waals surface area contributed by atoms with Crippen LogP contribution in [0.2, 0.25) is 0 Å². The van der Waals surface area contributed by atoms with E-state index < -0.39 is 11.6 Å². The summed E-state index contributed by atoms with van der Waals surface area (Å²) >= 11 is 0. The van der Waals surface area contributed by atoms with Crippen LogP contribution in [0.4, 0.5) is 8.78 Å². The lowest BCUT2D eigenvalue weighted by molar-refractivity contribution is 0.161. The van der Waals surface area contributed by atoms with Gasteiger partial charge in [0.1, 0.15) is 12.4 Å². The number of hydrogen-bond acceptors (Lipinski definition) is 3. The molecule has 1 aromatic carbocycles. The fourth-order valence-electron chi connectivity index (χ4n) is 2.10. The molecule has 1 heterocycles. The SMILES string of the molecule is CNC(COc1ccc(F)cc1F)C1CCOC1. The molecule has 0 radical (unpaired) electrons. The average Bonchev–Trinajstić information content (AvgIpc) is 2.86. The van der Waals surface area contributed by atoms with E-state index in [0.29, 0.717) is 19.1 Å². The van der Waals surface area contributed by atoms with E-state index in [1.165, 1.54) is 12.1 Å². The molecule has 0 aliphatic carbocycles. The molecule has 1 aliphatic heterocycles. The van der Waals surface area contributed by atoms with Crippen molar-refractivity contribution in [3.05, 3.63) is 29.8 Å². The summed E-state index contributed by atoms with van der Waals surface area (Å²) in [5.74, 6) is -0.823. The van der Waals surface area contributed by atoms with Crippen molar-refractivity contribution < 1.29 is 18.3 Å². The molecule has 1 N–H and O–H groups in total.